The average molecular weight is 294 g/mol. The lowest BCUT2D eigenvalue weighted by Gasteiger charge is -2.35. The van der Waals surface area contributed by atoms with E-state index >= 15 is 0 Å². The number of rotatable bonds is 4. The van der Waals surface area contributed by atoms with Crippen LogP contribution in [-0.2, 0) is 16.0 Å². The first-order chi connectivity index (χ1) is 9.84. The fourth-order valence-corrected chi connectivity index (χ4v) is 2.86. The third kappa shape index (κ3) is 3.06. The minimum atomic E-state index is -0.731. The summed E-state index contributed by atoms with van der Waals surface area (Å²) in [6, 6.07) is 0. The van der Waals surface area contributed by atoms with Crippen molar-refractivity contribution >= 4 is 11.8 Å². The van der Waals surface area contributed by atoms with Crippen LogP contribution in [0.25, 0.3) is 0 Å². The Kier molecular flexibility index (Phi) is 4.29. The van der Waals surface area contributed by atoms with Crippen LogP contribution in [0.15, 0.2) is 4.52 Å². The van der Waals surface area contributed by atoms with E-state index in [9.17, 15) is 9.59 Å². The van der Waals surface area contributed by atoms with Crippen molar-refractivity contribution in [3.05, 3.63) is 11.7 Å². The highest BCUT2D eigenvalue weighted by atomic mass is 16.5. The van der Waals surface area contributed by atoms with Crippen molar-refractivity contribution in [3.8, 4) is 0 Å². The Morgan fingerprint density at radius 3 is 2.71 bits per heavy atom. The zero-order valence-electron chi connectivity index (χ0n) is 13.0. The van der Waals surface area contributed by atoms with E-state index < -0.39 is 5.54 Å². The van der Waals surface area contributed by atoms with E-state index in [0.717, 1.165) is 6.42 Å². The van der Waals surface area contributed by atoms with Gasteiger partial charge in [-0.1, -0.05) is 5.16 Å². The van der Waals surface area contributed by atoms with Crippen LogP contribution in [0.3, 0.4) is 0 Å². The molecular formula is C14H22N4O3. The summed E-state index contributed by atoms with van der Waals surface area (Å²) >= 11 is 0. The molecule has 1 atom stereocenters. The van der Waals surface area contributed by atoms with Gasteiger partial charge in [0.2, 0.25) is 17.7 Å². The Bertz CT molecular complexity index is 540. The molecule has 1 unspecified atom stereocenters. The molecule has 0 saturated carbocycles. The number of nitrogens with zero attached hydrogens (tertiary/aromatic N) is 4. The van der Waals surface area contributed by atoms with Gasteiger partial charge in [-0.05, 0) is 26.7 Å². The molecule has 0 aliphatic carbocycles. The van der Waals surface area contributed by atoms with Gasteiger partial charge in [-0.25, -0.2) is 0 Å². The summed E-state index contributed by atoms with van der Waals surface area (Å²) < 4.78 is 5.01. The molecule has 1 aliphatic rings. The van der Waals surface area contributed by atoms with Crippen molar-refractivity contribution in [3.63, 3.8) is 0 Å². The standard InChI is InChI=1S/C14H22N4O3/c1-10-15-11(21-16-10)6-7-12(19)18-9-5-8-14(18,2)13(20)17(3)4/h5-9H2,1-4H3. The fraction of sp³-hybridized carbons (Fsp3) is 0.714. The second kappa shape index (κ2) is 5.83. The van der Waals surface area contributed by atoms with E-state index in [1.807, 2.05) is 6.92 Å². The molecule has 1 aromatic heterocycles. The highest BCUT2D eigenvalue weighted by molar-refractivity contribution is 5.91. The lowest BCUT2D eigenvalue weighted by molar-refractivity contribution is -0.148. The predicted molar refractivity (Wildman–Crippen MR) is 75.4 cm³/mol. The zero-order valence-corrected chi connectivity index (χ0v) is 13.0. The number of amides is 2. The second-order valence-corrected chi connectivity index (χ2v) is 5.86. The first-order valence-electron chi connectivity index (χ1n) is 7.16. The Hall–Kier alpha value is -1.92. The van der Waals surface area contributed by atoms with Gasteiger partial charge in [-0.15, -0.1) is 0 Å². The minimum absolute atomic E-state index is 0.0259. The highest BCUT2D eigenvalue weighted by Gasteiger charge is 2.46. The lowest BCUT2D eigenvalue weighted by atomic mass is 9.96. The maximum Gasteiger partial charge on any atom is 0.247 e. The van der Waals surface area contributed by atoms with Crippen molar-refractivity contribution in [2.75, 3.05) is 20.6 Å². The van der Waals surface area contributed by atoms with Gasteiger partial charge in [-0.3, -0.25) is 9.59 Å². The number of carbonyl (C=O) groups is 2. The molecule has 0 radical (unpaired) electrons. The van der Waals surface area contributed by atoms with Gasteiger partial charge < -0.3 is 14.3 Å². The summed E-state index contributed by atoms with van der Waals surface area (Å²) in [5.74, 6) is 0.954. The molecule has 0 spiro atoms. The van der Waals surface area contributed by atoms with E-state index in [1.54, 1.807) is 30.8 Å². The van der Waals surface area contributed by atoms with Gasteiger partial charge in [0.25, 0.3) is 0 Å². The maximum absolute atomic E-state index is 12.4. The monoisotopic (exact) mass is 294 g/mol. The van der Waals surface area contributed by atoms with Crippen molar-refractivity contribution in [1.29, 1.82) is 0 Å². The fourth-order valence-electron chi connectivity index (χ4n) is 2.86. The van der Waals surface area contributed by atoms with Gasteiger partial charge in [0, 0.05) is 33.5 Å². The number of likely N-dealkylation sites (N-methyl/N-ethyl adjacent to an activating group) is 1. The van der Waals surface area contributed by atoms with Crippen LogP contribution < -0.4 is 0 Å². The molecule has 0 N–H and O–H groups in total. The van der Waals surface area contributed by atoms with Crippen LogP contribution in [0, 0.1) is 6.92 Å². The Labute approximate surface area is 124 Å². The summed E-state index contributed by atoms with van der Waals surface area (Å²) in [6.07, 6.45) is 2.23. The quantitative estimate of drug-likeness (QED) is 0.820. The first kappa shape index (κ1) is 15.5. The van der Waals surface area contributed by atoms with Crippen LogP contribution in [0.4, 0.5) is 0 Å². The number of carbonyl (C=O) groups excluding carboxylic acids is 2. The van der Waals surface area contributed by atoms with Gasteiger partial charge in [0.1, 0.15) is 5.54 Å². The molecule has 21 heavy (non-hydrogen) atoms. The Morgan fingerprint density at radius 2 is 2.14 bits per heavy atom. The lowest BCUT2D eigenvalue weighted by Crippen LogP contribution is -2.55. The van der Waals surface area contributed by atoms with Crippen LogP contribution in [0.5, 0.6) is 0 Å². The summed E-state index contributed by atoms with van der Waals surface area (Å²) in [5, 5.41) is 3.70. The van der Waals surface area contributed by atoms with Crippen molar-refractivity contribution < 1.29 is 14.1 Å². The molecule has 7 heteroatoms. The van der Waals surface area contributed by atoms with E-state index in [0.29, 0.717) is 31.1 Å². The Morgan fingerprint density at radius 1 is 1.43 bits per heavy atom. The van der Waals surface area contributed by atoms with Gasteiger partial charge in [0.05, 0.1) is 0 Å². The first-order valence-corrected chi connectivity index (χ1v) is 7.16. The number of aromatic nitrogens is 2. The third-order valence-corrected chi connectivity index (χ3v) is 3.93. The zero-order chi connectivity index (χ0) is 15.6. The summed E-state index contributed by atoms with van der Waals surface area (Å²) in [7, 11) is 3.44. The molecule has 116 valence electrons. The van der Waals surface area contributed by atoms with E-state index in [4.69, 9.17) is 4.52 Å². The molecule has 1 saturated heterocycles. The topological polar surface area (TPSA) is 79.5 Å². The van der Waals surface area contributed by atoms with Crippen LogP contribution in [0.2, 0.25) is 0 Å². The van der Waals surface area contributed by atoms with Gasteiger partial charge in [0.15, 0.2) is 5.82 Å². The number of aryl methyl sites for hydroxylation is 2. The number of hydrogen-bond donors (Lipinski definition) is 0. The molecular weight excluding hydrogens is 272 g/mol. The highest BCUT2D eigenvalue weighted by Crippen LogP contribution is 2.31. The molecule has 7 nitrogen and oxygen atoms in total. The minimum Gasteiger partial charge on any atom is -0.347 e. The van der Waals surface area contributed by atoms with Gasteiger partial charge in [-0.2, -0.15) is 4.98 Å². The smallest absolute Gasteiger partial charge is 0.247 e. The van der Waals surface area contributed by atoms with Crippen LogP contribution in [0.1, 0.15) is 37.9 Å². The summed E-state index contributed by atoms with van der Waals surface area (Å²) in [5.41, 5.74) is -0.731. The largest absolute Gasteiger partial charge is 0.347 e. The molecule has 2 amide bonds. The van der Waals surface area contributed by atoms with E-state index in [2.05, 4.69) is 10.1 Å². The summed E-state index contributed by atoms with van der Waals surface area (Å²) in [6.45, 7) is 4.21. The normalized spacial score (nSPS) is 21.6. The van der Waals surface area contributed by atoms with Crippen molar-refractivity contribution in [2.24, 2.45) is 0 Å². The van der Waals surface area contributed by atoms with Crippen molar-refractivity contribution in [2.45, 2.75) is 45.1 Å². The molecule has 0 aromatic carbocycles. The number of likely N-dealkylation sites (tertiary alicyclic amines) is 1. The molecule has 1 aliphatic heterocycles. The maximum atomic E-state index is 12.4. The molecule has 1 fully saturated rings. The van der Waals surface area contributed by atoms with Gasteiger partial charge >= 0.3 is 0 Å². The molecule has 2 rings (SSSR count). The average Bonchev–Trinajstić information content (AvgIpc) is 3.02. The molecule has 0 bridgehead atoms. The van der Waals surface area contributed by atoms with Crippen LogP contribution in [-0.4, -0.2) is 57.9 Å². The Balaban J connectivity index is 2.02. The molecule has 1 aromatic rings. The second-order valence-electron chi connectivity index (χ2n) is 5.86. The number of hydrogen-bond acceptors (Lipinski definition) is 5. The predicted octanol–water partition coefficient (Wildman–Crippen LogP) is 0.780. The molecule has 2 heterocycles. The van der Waals surface area contributed by atoms with Crippen LogP contribution >= 0.6 is 0 Å². The third-order valence-electron chi connectivity index (χ3n) is 3.93. The SMILES string of the molecule is Cc1noc(CCC(=O)N2CCCC2(C)C(=O)N(C)C)n1. The van der Waals surface area contributed by atoms with E-state index in [-0.39, 0.29) is 18.2 Å². The van der Waals surface area contributed by atoms with E-state index in [1.165, 1.54) is 0 Å². The summed E-state index contributed by atoms with van der Waals surface area (Å²) in [4.78, 5) is 32.1. The van der Waals surface area contributed by atoms with Crippen molar-refractivity contribution in [1.82, 2.24) is 19.9 Å².